The van der Waals surface area contributed by atoms with Crippen molar-refractivity contribution in [3.8, 4) is 5.75 Å². The largest absolute Gasteiger partial charge is 0.573 e. The van der Waals surface area contributed by atoms with Gasteiger partial charge in [0.25, 0.3) is 0 Å². The molecule has 0 unspecified atom stereocenters. The van der Waals surface area contributed by atoms with Gasteiger partial charge in [-0.05, 0) is 54.8 Å². The van der Waals surface area contributed by atoms with E-state index in [2.05, 4.69) is 25.4 Å². The van der Waals surface area contributed by atoms with Gasteiger partial charge < -0.3 is 4.74 Å². The zero-order valence-electron chi connectivity index (χ0n) is 13.7. The number of rotatable bonds is 6. The van der Waals surface area contributed by atoms with E-state index in [1.54, 1.807) is 6.07 Å². The Morgan fingerprint density at radius 2 is 1.78 bits per heavy atom. The first-order valence-corrected chi connectivity index (χ1v) is 10.5. The Morgan fingerprint density at radius 3 is 2.30 bits per heavy atom. The van der Waals surface area contributed by atoms with Crippen LogP contribution in [0.25, 0.3) is 0 Å². The average molecular weight is 485 g/mol. The van der Waals surface area contributed by atoms with Gasteiger partial charge in [0.1, 0.15) is 5.75 Å². The highest BCUT2D eigenvalue weighted by Gasteiger charge is 2.46. The van der Waals surface area contributed by atoms with E-state index in [0.29, 0.717) is 5.02 Å². The van der Waals surface area contributed by atoms with Gasteiger partial charge in [-0.15, -0.1) is 13.2 Å². The monoisotopic (exact) mass is 483 g/mol. The van der Waals surface area contributed by atoms with Gasteiger partial charge in [0, 0.05) is 21.5 Å². The fraction of sp³-hybridized carbons (Fsp3) is 0.294. The maximum atomic E-state index is 12.5. The van der Waals surface area contributed by atoms with E-state index in [0.717, 1.165) is 47.1 Å². The first-order chi connectivity index (χ1) is 12.5. The van der Waals surface area contributed by atoms with Gasteiger partial charge in [-0.25, -0.2) is 13.1 Å². The van der Waals surface area contributed by atoms with Gasteiger partial charge in [-0.1, -0.05) is 33.6 Å². The van der Waals surface area contributed by atoms with Gasteiger partial charge in [-0.2, -0.15) is 0 Å². The van der Waals surface area contributed by atoms with Crippen LogP contribution in [0.3, 0.4) is 0 Å². The maximum Gasteiger partial charge on any atom is 0.573 e. The van der Waals surface area contributed by atoms with Crippen LogP contribution in [0.2, 0.25) is 5.02 Å². The molecule has 0 aliphatic heterocycles. The predicted molar refractivity (Wildman–Crippen MR) is 98.4 cm³/mol. The molecule has 2 aromatic rings. The number of halogens is 5. The number of alkyl halides is 3. The number of benzene rings is 2. The highest BCUT2D eigenvalue weighted by molar-refractivity contribution is 9.10. The lowest BCUT2D eigenvalue weighted by atomic mass is 9.96. The van der Waals surface area contributed by atoms with Gasteiger partial charge in [0.2, 0.25) is 10.0 Å². The molecule has 2 aromatic carbocycles. The van der Waals surface area contributed by atoms with Crippen LogP contribution < -0.4 is 9.46 Å². The van der Waals surface area contributed by atoms with Gasteiger partial charge >= 0.3 is 6.36 Å². The number of hydrogen-bond acceptors (Lipinski definition) is 3. The van der Waals surface area contributed by atoms with Crippen LogP contribution in [0.5, 0.6) is 5.75 Å². The van der Waals surface area contributed by atoms with Crippen LogP contribution in [-0.4, -0.2) is 21.3 Å². The maximum absolute atomic E-state index is 12.5. The molecular weight excluding hydrogens is 471 g/mol. The standard InChI is InChI=1S/C17H14BrClF3NO3S/c18-11-1-6-14(15(19)9-11)16(7-8-16)10-23-27(24,25)13-4-2-12(3-5-13)26-17(20,21)22/h1-6,9,23H,7-8,10H2. The molecule has 1 aliphatic carbocycles. The van der Waals surface area contributed by atoms with E-state index in [1.807, 2.05) is 12.1 Å². The molecule has 0 amide bonds. The summed E-state index contributed by atoms with van der Waals surface area (Å²) >= 11 is 9.61. The lowest BCUT2D eigenvalue weighted by molar-refractivity contribution is -0.274. The molecule has 10 heteroatoms. The second-order valence-corrected chi connectivity index (χ2v) is 9.34. The molecular formula is C17H14BrClF3NO3S. The van der Waals surface area contributed by atoms with Crippen molar-refractivity contribution in [3.05, 3.63) is 57.5 Å². The smallest absolute Gasteiger partial charge is 0.406 e. The molecule has 0 bridgehead atoms. The molecule has 3 rings (SSSR count). The molecule has 0 atom stereocenters. The normalized spacial score (nSPS) is 16.2. The summed E-state index contributed by atoms with van der Waals surface area (Å²) < 4.78 is 68.6. The fourth-order valence-electron chi connectivity index (χ4n) is 2.75. The molecule has 1 saturated carbocycles. The number of sulfonamides is 1. The van der Waals surface area contributed by atoms with Crippen LogP contribution in [0, 0.1) is 0 Å². The summed E-state index contributed by atoms with van der Waals surface area (Å²) in [4.78, 5) is -0.144. The zero-order chi connectivity index (χ0) is 19.9. The second-order valence-electron chi connectivity index (χ2n) is 6.25. The van der Waals surface area contributed by atoms with E-state index in [4.69, 9.17) is 11.6 Å². The van der Waals surface area contributed by atoms with Crippen molar-refractivity contribution in [1.29, 1.82) is 0 Å². The van der Waals surface area contributed by atoms with Gasteiger partial charge in [-0.3, -0.25) is 0 Å². The SMILES string of the molecule is O=S(=O)(NCC1(c2ccc(Br)cc2Cl)CC1)c1ccc(OC(F)(F)F)cc1. The topological polar surface area (TPSA) is 55.4 Å². The number of ether oxygens (including phenoxy) is 1. The Morgan fingerprint density at radius 1 is 1.15 bits per heavy atom. The molecule has 1 aliphatic rings. The molecule has 1 N–H and O–H groups in total. The third-order valence-electron chi connectivity index (χ3n) is 4.32. The van der Waals surface area contributed by atoms with Crippen LogP contribution in [-0.2, 0) is 15.4 Å². The number of nitrogens with one attached hydrogen (secondary N) is 1. The summed E-state index contributed by atoms with van der Waals surface area (Å²) in [5.74, 6) is -0.484. The van der Waals surface area contributed by atoms with Gasteiger partial charge in [0.15, 0.2) is 0 Å². The summed E-state index contributed by atoms with van der Waals surface area (Å²) in [6.07, 6.45) is -3.26. The van der Waals surface area contributed by atoms with Crippen molar-refractivity contribution in [2.45, 2.75) is 29.5 Å². The van der Waals surface area contributed by atoms with Gasteiger partial charge in [0.05, 0.1) is 4.90 Å². The van der Waals surface area contributed by atoms with E-state index < -0.39 is 22.1 Å². The molecule has 146 valence electrons. The summed E-state index contributed by atoms with van der Waals surface area (Å²) in [7, 11) is -3.88. The molecule has 27 heavy (non-hydrogen) atoms. The second kappa shape index (κ2) is 7.27. The number of hydrogen-bond donors (Lipinski definition) is 1. The minimum atomic E-state index is -4.83. The van der Waals surface area contributed by atoms with Crippen molar-refractivity contribution in [2.24, 2.45) is 0 Å². The molecule has 0 saturated heterocycles. The molecule has 4 nitrogen and oxygen atoms in total. The van der Waals surface area contributed by atoms with Crippen LogP contribution in [0.15, 0.2) is 51.8 Å². The Bertz CT molecular complexity index is 945. The summed E-state index contributed by atoms with van der Waals surface area (Å²) in [5, 5.41) is 0.551. The minimum Gasteiger partial charge on any atom is -0.406 e. The summed E-state index contributed by atoms with van der Waals surface area (Å²) in [5.41, 5.74) is 0.494. The molecule has 0 aromatic heterocycles. The van der Waals surface area contributed by atoms with Crippen LogP contribution >= 0.6 is 27.5 Å². The van der Waals surface area contributed by atoms with E-state index >= 15 is 0 Å². The predicted octanol–water partition coefficient (Wildman–Crippen LogP) is 5.01. The van der Waals surface area contributed by atoms with Crippen molar-refractivity contribution < 1.29 is 26.3 Å². The third kappa shape index (κ3) is 4.96. The minimum absolute atomic E-state index is 0.144. The molecule has 0 spiro atoms. The van der Waals surface area contributed by atoms with E-state index in [-0.39, 0.29) is 16.9 Å². The zero-order valence-corrected chi connectivity index (χ0v) is 16.8. The van der Waals surface area contributed by atoms with E-state index in [9.17, 15) is 21.6 Å². The Balaban J connectivity index is 1.71. The first-order valence-electron chi connectivity index (χ1n) is 7.82. The average Bonchev–Trinajstić information content (AvgIpc) is 3.33. The fourth-order valence-corrected chi connectivity index (χ4v) is 4.75. The highest BCUT2D eigenvalue weighted by Crippen LogP contribution is 2.50. The summed E-state index contributed by atoms with van der Waals surface area (Å²) in [6.45, 7) is 0.150. The Kier molecular flexibility index (Phi) is 5.51. The van der Waals surface area contributed by atoms with Crippen LogP contribution in [0.4, 0.5) is 13.2 Å². The third-order valence-corrected chi connectivity index (χ3v) is 6.55. The van der Waals surface area contributed by atoms with Crippen molar-refractivity contribution in [2.75, 3.05) is 6.54 Å². The molecule has 1 fully saturated rings. The van der Waals surface area contributed by atoms with Crippen molar-refractivity contribution in [3.63, 3.8) is 0 Å². The highest BCUT2D eigenvalue weighted by atomic mass is 79.9. The first kappa shape index (κ1) is 20.4. The van der Waals surface area contributed by atoms with Crippen LogP contribution in [0.1, 0.15) is 18.4 Å². The Hall–Kier alpha value is -1.29. The summed E-state index contributed by atoms with van der Waals surface area (Å²) in [6, 6.07) is 9.50. The Labute approximate surface area is 167 Å². The van der Waals surface area contributed by atoms with Crippen molar-refractivity contribution in [1.82, 2.24) is 4.72 Å². The lowest BCUT2D eigenvalue weighted by Crippen LogP contribution is -2.32. The quantitative estimate of drug-likeness (QED) is 0.627. The lowest BCUT2D eigenvalue weighted by Gasteiger charge is -2.18. The van der Waals surface area contributed by atoms with E-state index in [1.165, 1.54) is 0 Å². The van der Waals surface area contributed by atoms with Crippen molar-refractivity contribution >= 4 is 37.6 Å². The molecule has 0 radical (unpaired) electrons. The molecule has 0 heterocycles.